The third kappa shape index (κ3) is 3.89. The Morgan fingerprint density at radius 1 is 1.10 bits per heavy atom. The van der Waals surface area contributed by atoms with E-state index >= 15 is 0 Å². The van der Waals surface area contributed by atoms with Crippen molar-refractivity contribution < 1.29 is 8.42 Å². The number of pyridine rings is 1. The zero-order chi connectivity index (χ0) is 15.5. The molecule has 0 fully saturated rings. The molecule has 0 spiro atoms. The molecule has 0 aliphatic carbocycles. The van der Waals surface area contributed by atoms with Crippen LogP contribution in [0.25, 0.3) is 0 Å². The van der Waals surface area contributed by atoms with Crippen molar-refractivity contribution in [3.63, 3.8) is 0 Å². The summed E-state index contributed by atoms with van der Waals surface area (Å²) in [5.41, 5.74) is 3.49. The highest BCUT2D eigenvalue weighted by molar-refractivity contribution is 7.89. The fraction of sp³-hybridized carbons (Fsp3) is 0.312. The molecule has 1 heterocycles. The van der Waals surface area contributed by atoms with Crippen molar-refractivity contribution in [1.82, 2.24) is 9.71 Å². The van der Waals surface area contributed by atoms with Crippen LogP contribution in [-0.4, -0.2) is 19.9 Å². The molecule has 0 amide bonds. The maximum atomic E-state index is 12.4. The molecule has 5 heteroatoms. The number of nitrogens with zero attached hydrogens (tertiary/aromatic N) is 1. The topological polar surface area (TPSA) is 59.1 Å². The summed E-state index contributed by atoms with van der Waals surface area (Å²) in [6.07, 6.45) is 2.28. The molecule has 0 aliphatic rings. The highest BCUT2D eigenvalue weighted by Crippen LogP contribution is 2.21. The summed E-state index contributed by atoms with van der Waals surface area (Å²) in [5.74, 6) is 0. The number of sulfonamides is 1. The van der Waals surface area contributed by atoms with E-state index in [2.05, 4.69) is 9.71 Å². The fourth-order valence-electron chi connectivity index (χ4n) is 2.52. The monoisotopic (exact) mass is 304 g/mol. The molecule has 0 saturated heterocycles. The third-order valence-corrected chi connectivity index (χ3v) is 5.04. The van der Waals surface area contributed by atoms with Crippen molar-refractivity contribution in [2.45, 2.75) is 32.1 Å². The normalized spacial score (nSPS) is 11.6. The van der Waals surface area contributed by atoms with Gasteiger partial charge >= 0.3 is 0 Å². The van der Waals surface area contributed by atoms with E-state index in [1.807, 2.05) is 51.1 Å². The third-order valence-electron chi connectivity index (χ3n) is 3.27. The fourth-order valence-corrected chi connectivity index (χ4v) is 4.00. The second-order valence-electron chi connectivity index (χ2n) is 5.20. The first kappa shape index (κ1) is 15.7. The van der Waals surface area contributed by atoms with Gasteiger partial charge in [-0.05, 0) is 44.0 Å². The Balaban J connectivity index is 2.12. The van der Waals surface area contributed by atoms with Gasteiger partial charge in [-0.1, -0.05) is 23.8 Å². The number of aromatic nitrogens is 1. The van der Waals surface area contributed by atoms with Gasteiger partial charge in [0.1, 0.15) is 0 Å². The molecule has 0 bridgehead atoms. The number of benzene rings is 1. The van der Waals surface area contributed by atoms with Crippen LogP contribution in [0.4, 0.5) is 0 Å². The van der Waals surface area contributed by atoms with E-state index in [1.165, 1.54) is 0 Å². The standard InChI is InChI=1S/C16H20N2O2S/c1-12-10-13(2)16(14(3)11-12)21(19,20)18-9-7-15-6-4-5-8-17-15/h4-6,8,10-11,18H,7,9H2,1-3H3. The summed E-state index contributed by atoms with van der Waals surface area (Å²) in [4.78, 5) is 4.57. The maximum absolute atomic E-state index is 12.4. The van der Waals surface area contributed by atoms with E-state index in [0.717, 1.165) is 22.4 Å². The largest absolute Gasteiger partial charge is 0.261 e. The van der Waals surface area contributed by atoms with E-state index in [-0.39, 0.29) is 0 Å². The quantitative estimate of drug-likeness (QED) is 0.923. The van der Waals surface area contributed by atoms with Crippen molar-refractivity contribution in [2.75, 3.05) is 6.54 Å². The van der Waals surface area contributed by atoms with Gasteiger partial charge in [-0.25, -0.2) is 13.1 Å². The average Bonchev–Trinajstić information content (AvgIpc) is 2.38. The average molecular weight is 304 g/mol. The molecule has 2 rings (SSSR count). The minimum Gasteiger partial charge on any atom is -0.261 e. The molecule has 0 aliphatic heterocycles. The SMILES string of the molecule is Cc1cc(C)c(S(=O)(=O)NCCc2ccccn2)c(C)c1. The number of hydrogen-bond acceptors (Lipinski definition) is 3. The lowest BCUT2D eigenvalue weighted by Crippen LogP contribution is -2.27. The van der Waals surface area contributed by atoms with Crippen LogP contribution in [0.15, 0.2) is 41.4 Å². The predicted molar refractivity (Wildman–Crippen MR) is 83.8 cm³/mol. The molecule has 0 unspecified atom stereocenters. The van der Waals surface area contributed by atoms with Gasteiger partial charge in [-0.3, -0.25) is 4.98 Å². The van der Waals surface area contributed by atoms with Gasteiger partial charge in [0, 0.05) is 24.9 Å². The van der Waals surface area contributed by atoms with Crippen LogP contribution < -0.4 is 4.72 Å². The Hall–Kier alpha value is -1.72. The van der Waals surface area contributed by atoms with Gasteiger partial charge in [0.15, 0.2) is 0 Å². The Labute approximate surface area is 126 Å². The summed E-state index contributed by atoms with van der Waals surface area (Å²) in [6.45, 7) is 5.96. The maximum Gasteiger partial charge on any atom is 0.241 e. The number of aryl methyl sites for hydroxylation is 3. The van der Waals surface area contributed by atoms with E-state index < -0.39 is 10.0 Å². The minimum absolute atomic E-state index is 0.339. The van der Waals surface area contributed by atoms with Gasteiger partial charge in [0.05, 0.1) is 4.90 Å². The van der Waals surface area contributed by atoms with Crippen LogP contribution in [0.5, 0.6) is 0 Å². The van der Waals surface area contributed by atoms with Crippen LogP contribution in [0, 0.1) is 20.8 Å². The molecule has 0 radical (unpaired) electrons. The Morgan fingerprint density at radius 2 is 1.76 bits per heavy atom. The lowest BCUT2D eigenvalue weighted by Gasteiger charge is -2.13. The first-order valence-electron chi connectivity index (χ1n) is 6.87. The molecule has 21 heavy (non-hydrogen) atoms. The molecular weight excluding hydrogens is 284 g/mol. The lowest BCUT2D eigenvalue weighted by molar-refractivity contribution is 0.580. The van der Waals surface area contributed by atoms with Gasteiger partial charge in [-0.2, -0.15) is 0 Å². The van der Waals surface area contributed by atoms with Gasteiger partial charge in [-0.15, -0.1) is 0 Å². The van der Waals surface area contributed by atoms with Crippen LogP contribution >= 0.6 is 0 Å². The van der Waals surface area contributed by atoms with Gasteiger partial charge in [0.25, 0.3) is 0 Å². The smallest absolute Gasteiger partial charge is 0.241 e. The van der Waals surface area contributed by atoms with Crippen molar-refractivity contribution >= 4 is 10.0 Å². The molecule has 4 nitrogen and oxygen atoms in total. The molecule has 1 aromatic carbocycles. The second-order valence-corrected chi connectivity index (χ2v) is 6.90. The van der Waals surface area contributed by atoms with Gasteiger partial charge < -0.3 is 0 Å². The summed E-state index contributed by atoms with van der Waals surface area (Å²) in [7, 11) is -3.49. The molecule has 2 aromatic rings. The summed E-state index contributed by atoms with van der Waals surface area (Å²) < 4.78 is 27.5. The first-order chi connectivity index (χ1) is 9.90. The Morgan fingerprint density at radius 3 is 2.33 bits per heavy atom. The molecule has 1 aromatic heterocycles. The van der Waals surface area contributed by atoms with Crippen molar-refractivity contribution in [3.8, 4) is 0 Å². The van der Waals surface area contributed by atoms with Gasteiger partial charge in [0.2, 0.25) is 10.0 Å². The minimum atomic E-state index is -3.49. The second kappa shape index (κ2) is 6.37. The lowest BCUT2D eigenvalue weighted by atomic mass is 10.1. The van der Waals surface area contributed by atoms with Crippen LogP contribution in [0.2, 0.25) is 0 Å². The highest BCUT2D eigenvalue weighted by Gasteiger charge is 2.19. The highest BCUT2D eigenvalue weighted by atomic mass is 32.2. The summed E-state index contributed by atoms with van der Waals surface area (Å²) >= 11 is 0. The molecule has 112 valence electrons. The van der Waals surface area contributed by atoms with E-state index in [0.29, 0.717) is 17.9 Å². The summed E-state index contributed by atoms with van der Waals surface area (Å²) in [6, 6.07) is 9.40. The van der Waals surface area contributed by atoms with E-state index in [1.54, 1.807) is 6.20 Å². The summed E-state index contributed by atoms with van der Waals surface area (Å²) in [5, 5.41) is 0. The molecule has 1 N–H and O–H groups in total. The van der Waals surface area contributed by atoms with Crippen molar-refractivity contribution in [3.05, 3.63) is 58.9 Å². The number of nitrogens with one attached hydrogen (secondary N) is 1. The molecular formula is C16H20N2O2S. The van der Waals surface area contributed by atoms with Crippen molar-refractivity contribution in [2.24, 2.45) is 0 Å². The molecule has 0 saturated carbocycles. The first-order valence-corrected chi connectivity index (χ1v) is 8.36. The zero-order valence-corrected chi connectivity index (χ0v) is 13.4. The van der Waals surface area contributed by atoms with Crippen LogP contribution in [0.1, 0.15) is 22.4 Å². The zero-order valence-electron chi connectivity index (χ0n) is 12.6. The Kier molecular flexibility index (Phi) is 4.75. The Bertz CT molecular complexity index is 702. The number of rotatable bonds is 5. The van der Waals surface area contributed by atoms with Crippen LogP contribution in [-0.2, 0) is 16.4 Å². The van der Waals surface area contributed by atoms with Crippen LogP contribution in [0.3, 0.4) is 0 Å². The predicted octanol–water partition coefficient (Wildman–Crippen LogP) is 2.53. The molecule has 0 atom stereocenters. The number of hydrogen-bond donors (Lipinski definition) is 1. The van der Waals surface area contributed by atoms with E-state index in [9.17, 15) is 8.42 Å². The van der Waals surface area contributed by atoms with Crippen molar-refractivity contribution in [1.29, 1.82) is 0 Å². The van der Waals surface area contributed by atoms with E-state index in [4.69, 9.17) is 0 Å².